The Kier molecular flexibility index (Phi) is 4.35. The number of hydrogen-bond donors (Lipinski definition) is 2. The Morgan fingerprint density at radius 3 is 2.86 bits per heavy atom. The molecular weight excluding hydrogens is 182 g/mol. The summed E-state index contributed by atoms with van der Waals surface area (Å²) >= 11 is 0. The lowest BCUT2D eigenvalue weighted by atomic mass is 10.0. The zero-order valence-corrected chi connectivity index (χ0v) is 8.82. The van der Waals surface area contributed by atoms with Gasteiger partial charge >= 0.3 is 0 Å². The van der Waals surface area contributed by atoms with Crippen LogP contribution in [-0.4, -0.2) is 36.4 Å². The number of carbonyl (C=O) groups is 1. The minimum Gasteiger partial charge on any atom is -0.394 e. The molecule has 1 aliphatic heterocycles. The van der Waals surface area contributed by atoms with Crippen molar-refractivity contribution in [3.05, 3.63) is 0 Å². The Labute approximate surface area is 84.6 Å². The third-order valence-corrected chi connectivity index (χ3v) is 2.63. The summed E-state index contributed by atoms with van der Waals surface area (Å²) in [5, 5.41) is 11.7. The van der Waals surface area contributed by atoms with Crippen molar-refractivity contribution in [3.63, 3.8) is 0 Å². The lowest BCUT2D eigenvalue weighted by Crippen LogP contribution is -2.40. The summed E-state index contributed by atoms with van der Waals surface area (Å²) in [6.07, 6.45) is 1.72. The van der Waals surface area contributed by atoms with Crippen LogP contribution < -0.4 is 5.32 Å². The molecule has 4 nitrogen and oxygen atoms in total. The van der Waals surface area contributed by atoms with Gasteiger partial charge in [-0.25, -0.2) is 0 Å². The van der Waals surface area contributed by atoms with E-state index < -0.39 is 0 Å². The summed E-state index contributed by atoms with van der Waals surface area (Å²) in [5.74, 6) is -0.0270. The summed E-state index contributed by atoms with van der Waals surface area (Å²) in [6.45, 7) is 4.42. The van der Waals surface area contributed by atoms with Gasteiger partial charge in [-0.1, -0.05) is 6.92 Å². The number of aliphatic hydroxyl groups is 1. The van der Waals surface area contributed by atoms with Crippen LogP contribution in [0.2, 0.25) is 0 Å². The molecule has 1 aliphatic rings. The molecule has 1 heterocycles. The van der Waals surface area contributed by atoms with Crippen LogP contribution in [0, 0.1) is 5.92 Å². The van der Waals surface area contributed by atoms with Crippen LogP contribution in [0.1, 0.15) is 26.7 Å². The standard InChI is InChI=1S/C10H19NO3/c1-3-9(5-12)11-10(13)8-4-7(2)14-6-8/h7-9,12H,3-6H2,1-2H3,(H,11,13)/t7?,8?,9-/m1/s1. The third-order valence-electron chi connectivity index (χ3n) is 2.63. The summed E-state index contributed by atoms with van der Waals surface area (Å²) in [7, 11) is 0. The summed E-state index contributed by atoms with van der Waals surface area (Å²) in [4.78, 5) is 11.6. The Hall–Kier alpha value is -0.610. The first-order valence-corrected chi connectivity index (χ1v) is 5.20. The van der Waals surface area contributed by atoms with Gasteiger partial charge in [-0.2, -0.15) is 0 Å². The summed E-state index contributed by atoms with van der Waals surface area (Å²) in [5.41, 5.74) is 0. The SMILES string of the molecule is CC[C@H](CO)NC(=O)C1COC(C)C1. The Bertz CT molecular complexity index is 192. The van der Waals surface area contributed by atoms with Gasteiger partial charge in [0.2, 0.25) is 5.91 Å². The highest BCUT2D eigenvalue weighted by atomic mass is 16.5. The molecule has 0 aromatic carbocycles. The van der Waals surface area contributed by atoms with Gasteiger partial charge in [0.05, 0.1) is 31.3 Å². The van der Waals surface area contributed by atoms with Gasteiger partial charge in [0.1, 0.15) is 0 Å². The summed E-state index contributed by atoms with van der Waals surface area (Å²) < 4.78 is 5.31. The van der Waals surface area contributed by atoms with Crippen molar-refractivity contribution in [2.45, 2.75) is 38.8 Å². The van der Waals surface area contributed by atoms with E-state index in [9.17, 15) is 4.79 Å². The quantitative estimate of drug-likeness (QED) is 0.687. The van der Waals surface area contributed by atoms with E-state index in [4.69, 9.17) is 9.84 Å². The first-order chi connectivity index (χ1) is 6.67. The number of nitrogens with one attached hydrogen (secondary N) is 1. The zero-order chi connectivity index (χ0) is 10.6. The maximum absolute atomic E-state index is 11.6. The van der Waals surface area contributed by atoms with Crippen LogP contribution in [0.5, 0.6) is 0 Å². The van der Waals surface area contributed by atoms with Crippen molar-refractivity contribution < 1.29 is 14.6 Å². The maximum atomic E-state index is 11.6. The molecule has 0 aliphatic carbocycles. The maximum Gasteiger partial charge on any atom is 0.225 e. The largest absolute Gasteiger partial charge is 0.394 e. The normalized spacial score (nSPS) is 28.8. The highest BCUT2D eigenvalue weighted by molar-refractivity contribution is 5.79. The lowest BCUT2D eigenvalue weighted by Gasteiger charge is -2.16. The van der Waals surface area contributed by atoms with Crippen molar-refractivity contribution in [1.82, 2.24) is 5.32 Å². The van der Waals surface area contributed by atoms with Crippen LogP contribution >= 0.6 is 0 Å². The fourth-order valence-corrected chi connectivity index (χ4v) is 1.60. The lowest BCUT2D eigenvalue weighted by molar-refractivity contribution is -0.126. The number of aliphatic hydroxyl groups excluding tert-OH is 1. The smallest absolute Gasteiger partial charge is 0.225 e. The highest BCUT2D eigenvalue weighted by Crippen LogP contribution is 2.19. The Morgan fingerprint density at radius 1 is 1.71 bits per heavy atom. The molecule has 1 fully saturated rings. The van der Waals surface area contributed by atoms with Crippen LogP contribution in [0.4, 0.5) is 0 Å². The molecule has 1 amide bonds. The molecule has 4 heteroatoms. The molecule has 2 unspecified atom stereocenters. The van der Waals surface area contributed by atoms with E-state index in [-0.39, 0.29) is 30.6 Å². The van der Waals surface area contributed by atoms with E-state index in [0.717, 1.165) is 12.8 Å². The van der Waals surface area contributed by atoms with Gasteiger partial charge in [0, 0.05) is 0 Å². The first-order valence-electron chi connectivity index (χ1n) is 5.20. The summed E-state index contributed by atoms with van der Waals surface area (Å²) in [6, 6.07) is -0.113. The fraction of sp³-hybridized carbons (Fsp3) is 0.900. The molecule has 0 radical (unpaired) electrons. The third kappa shape index (κ3) is 2.96. The average molecular weight is 201 g/mol. The average Bonchev–Trinajstić information content (AvgIpc) is 2.61. The van der Waals surface area contributed by atoms with Crippen molar-refractivity contribution >= 4 is 5.91 Å². The van der Waals surface area contributed by atoms with E-state index in [0.29, 0.717) is 6.61 Å². The second-order valence-corrected chi connectivity index (χ2v) is 3.87. The van der Waals surface area contributed by atoms with Crippen molar-refractivity contribution in [2.75, 3.05) is 13.2 Å². The van der Waals surface area contributed by atoms with Gasteiger partial charge in [-0.05, 0) is 19.8 Å². The molecule has 14 heavy (non-hydrogen) atoms. The minimum atomic E-state index is -0.113. The Balaban J connectivity index is 2.34. The molecule has 1 rings (SSSR count). The predicted octanol–water partition coefficient (Wildman–Crippen LogP) is 0.298. The van der Waals surface area contributed by atoms with E-state index in [1.807, 2.05) is 13.8 Å². The van der Waals surface area contributed by atoms with Crippen LogP contribution in [0.25, 0.3) is 0 Å². The predicted molar refractivity (Wildman–Crippen MR) is 52.8 cm³/mol. The number of carbonyl (C=O) groups excluding carboxylic acids is 1. The van der Waals surface area contributed by atoms with Crippen molar-refractivity contribution in [2.24, 2.45) is 5.92 Å². The molecule has 0 aromatic heterocycles. The second-order valence-electron chi connectivity index (χ2n) is 3.87. The monoisotopic (exact) mass is 201 g/mol. The van der Waals surface area contributed by atoms with Crippen LogP contribution in [-0.2, 0) is 9.53 Å². The number of hydrogen-bond acceptors (Lipinski definition) is 3. The molecule has 2 N–H and O–H groups in total. The highest BCUT2D eigenvalue weighted by Gasteiger charge is 2.28. The van der Waals surface area contributed by atoms with Gasteiger partial charge in [0.25, 0.3) is 0 Å². The van der Waals surface area contributed by atoms with Gasteiger partial charge in [-0.3, -0.25) is 4.79 Å². The molecular formula is C10H19NO3. The van der Waals surface area contributed by atoms with E-state index in [2.05, 4.69) is 5.32 Å². The number of amides is 1. The zero-order valence-electron chi connectivity index (χ0n) is 8.82. The Morgan fingerprint density at radius 2 is 2.43 bits per heavy atom. The van der Waals surface area contributed by atoms with Crippen molar-refractivity contribution in [1.29, 1.82) is 0 Å². The molecule has 0 saturated carbocycles. The van der Waals surface area contributed by atoms with E-state index in [1.54, 1.807) is 0 Å². The van der Waals surface area contributed by atoms with Gasteiger partial charge in [0.15, 0.2) is 0 Å². The van der Waals surface area contributed by atoms with Gasteiger partial charge < -0.3 is 15.2 Å². The van der Waals surface area contributed by atoms with Crippen LogP contribution in [0.15, 0.2) is 0 Å². The van der Waals surface area contributed by atoms with E-state index in [1.165, 1.54) is 0 Å². The molecule has 82 valence electrons. The van der Waals surface area contributed by atoms with Crippen molar-refractivity contribution in [3.8, 4) is 0 Å². The van der Waals surface area contributed by atoms with Gasteiger partial charge in [-0.15, -0.1) is 0 Å². The van der Waals surface area contributed by atoms with E-state index >= 15 is 0 Å². The minimum absolute atomic E-state index is 0.00533. The first kappa shape index (κ1) is 11.5. The van der Waals surface area contributed by atoms with Crippen LogP contribution in [0.3, 0.4) is 0 Å². The second kappa shape index (κ2) is 5.32. The topological polar surface area (TPSA) is 58.6 Å². The number of rotatable bonds is 4. The molecule has 0 spiro atoms. The fourth-order valence-electron chi connectivity index (χ4n) is 1.60. The molecule has 1 saturated heterocycles. The molecule has 0 aromatic rings. The molecule has 0 bridgehead atoms. The molecule has 3 atom stereocenters. The number of ether oxygens (including phenoxy) is 1.